The number of hydrogen-bond acceptors (Lipinski definition) is 5. The van der Waals surface area contributed by atoms with Crippen LogP contribution in [0.2, 0.25) is 0 Å². The van der Waals surface area contributed by atoms with Gasteiger partial charge in [0.05, 0.1) is 5.69 Å². The van der Waals surface area contributed by atoms with E-state index in [2.05, 4.69) is 20.3 Å². The van der Waals surface area contributed by atoms with Crippen molar-refractivity contribution >= 4 is 17.1 Å². The summed E-state index contributed by atoms with van der Waals surface area (Å²) in [6.07, 6.45) is 0. The normalized spacial score (nSPS) is 10.9. The lowest BCUT2D eigenvalue weighted by atomic mass is 10.2. The number of nitrogen functional groups attached to an aromatic ring is 1. The Labute approximate surface area is 101 Å². The predicted molar refractivity (Wildman–Crippen MR) is 66.4 cm³/mol. The molecule has 3 N–H and O–H groups in total. The number of hydrogen-bond donors (Lipinski definition) is 2. The molecule has 0 unspecified atom stereocenters. The van der Waals surface area contributed by atoms with Crippen molar-refractivity contribution in [2.24, 2.45) is 0 Å². The molecule has 18 heavy (non-hydrogen) atoms. The molecule has 0 radical (unpaired) electrons. The molecule has 0 aliphatic heterocycles. The quantitative estimate of drug-likeness (QED) is 0.642. The molecule has 3 rings (SSSR count). The van der Waals surface area contributed by atoms with Crippen LogP contribution in [-0.4, -0.2) is 25.0 Å². The molecule has 3 aromatic rings. The lowest BCUT2D eigenvalue weighted by molar-refractivity contribution is 0.816. The third kappa shape index (κ3) is 1.53. The molecule has 0 saturated carbocycles. The Kier molecular flexibility index (Phi) is 2.12. The van der Waals surface area contributed by atoms with E-state index in [9.17, 15) is 4.79 Å². The first-order valence-electron chi connectivity index (χ1n) is 5.33. The van der Waals surface area contributed by atoms with Gasteiger partial charge in [-0.15, -0.1) is 5.10 Å². The minimum Gasteiger partial charge on any atom is -0.369 e. The fourth-order valence-corrected chi connectivity index (χ4v) is 1.78. The van der Waals surface area contributed by atoms with E-state index in [0.29, 0.717) is 5.65 Å². The first kappa shape index (κ1) is 10.5. The number of rotatable bonds is 1. The number of aryl methyl sites for hydroxylation is 1. The molecule has 1 aromatic carbocycles. The molecular weight excluding hydrogens is 232 g/mol. The van der Waals surface area contributed by atoms with E-state index in [0.717, 1.165) is 11.3 Å². The summed E-state index contributed by atoms with van der Waals surface area (Å²) >= 11 is 0. The van der Waals surface area contributed by atoms with Crippen LogP contribution in [0.25, 0.3) is 16.9 Å². The van der Waals surface area contributed by atoms with E-state index in [1.54, 1.807) is 0 Å². The van der Waals surface area contributed by atoms with E-state index in [-0.39, 0.29) is 11.5 Å². The van der Waals surface area contributed by atoms with Crippen molar-refractivity contribution in [3.63, 3.8) is 0 Å². The molecule has 0 aliphatic rings. The second-order valence-electron chi connectivity index (χ2n) is 3.96. The standard InChI is InChI=1S/C11H10N6O/c1-6-3-2-4-7(5-6)17-9-8(15-16-17)10(18)14-11(12)13-9/h2-5H,1H3,(H3,12,13,14,18). The highest BCUT2D eigenvalue weighted by atomic mass is 16.1. The van der Waals surface area contributed by atoms with Gasteiger partial charge in [-0.1, -0.05) is 17.3 Å². The van der Waals surface area contributed by atoms with Crippen LogP contribution in [0, 0.1) is 6.92 Å². The van der Waals surface area contributed by atoms with Gasteiger partial charge < -0.3 is 5.73 Å². The van der Waals surface area contributed by atoms with Crippen molar-refractivity contribution in [3.05, 3.63) is 40.2 Å². The number of H-pyrrole nitrogens is 1. The van der Waals surface area contributed by atoms with Crippen molar-refractivity contribution in [1.29, 1.82) is 0 Å². The maximum absolute atomic E-state index is 11.6. The van der Waals surface area contributed by atoms with Gasteiger partial charge in [0.25, 0.3) is 5.56 Å². The number of nitrogens with one attached hydrogen (secondary N) is 1. The fraction of sp³-hybridized carbons (Fsp3) is 0.0909. The highest BCUT2D eigenvalue weighted by molar-refractivity contribution is 5.71. The summed E-state index contributed by atoms with van der Waals surface area (Å²) in [7, 11) is 0. The van der Waals surface area contributed by atoms with Crippen LogP contribution >= 0.6 is 0 Å². The van der Waals surface area contributed by atoms with Gasteiger partial charge in [0.15, 0.2) is 11.2 Å². The molecule has 0 amide bonds. The predicted octanol–water partition coefficient (Wildman–Crippen LogP) is 0.394. The first-order valence-corrected chi connectivity index (χ1v) is 5.33. The Morgan fingerprint density at radius 1 is 1.39 bits per heavy atom. The van der Waals surface area contributed by atoms with Gasteiger partial charge in [-0.25, -0.2) is 0 Å². The molecule has 7 heteroatoms. The molecule has 7 nitrogen and oxygen atoms in total. The minimum atomic E-state index is -0.392. The maximum atomic E-state index is 11.6. The lowest BCUT2D eigenvalue weighted by Crippen LogP contribution is -2.12. The fourth-order valence-electron chi connectivity index (χ4n) is 1.78. The average Bonchev–Trinajstić information content (AvgIpc) is 2.72. The number of nitrogens with zero attached hydrogens (tertiary/aromatic N) is 4. The van der Waals surface area contributed by atoms with E-state index < -0.39 is 5.56 Å². The Hall–Kier alpha value is -2.70. The monoisotopic (exact) mass is 242 g/mol. The van der Waals surface area contributed by atoms with E-state index in [1.165, 1.54) is 4.68 Å². The summed E-state index contributed by atoms with van der Waals surface area (Å²) in [5.41, 5.74) is 7.52. The van der Waals surface area contributed by atoms with Gasteiger partial charge in [-0.2, -0.15) is 9.67 Å². The number of nitrogens with two attached hydrogens (primary N) is 1. The zero-order chi connectivity index (χ0) is 12.7. The van der Waals surface area contributed by atoms with Crippen LogP contribution in [0.15, 0.2) is 29.1 Å². The van der Waals surface area contributed by atoms with Crippen molar-refractivity contribution in [1.82, 2.24) is 25.0 Å². The summed E-state index contributed by atoms with van der Waals surface area (Å²) < 4.78 is 1.49. The molecule has 0 fully saturated rings. The van der Waals surface area contributed by atoms with E-state index in [1.807, 2.05) is 31.2 Å². The van der Waals surface area contributed by atoms with Crippen LogP contribution in [0.1, 0.15) is 5.56 Å². The van der Waals surface area contributed by atoms with Crippen LogP contribution < -0.4 is 11.3 Å². The number of fused-ring (bicyclic) bond motifs is 1. The van der Waals surface area contributed by atoms with E-state index >= 15 is 0 Å². The molecule has 0 spiro atoms. The van der Waals surface area contributed by atoms with Gasteiger partial charge in [-0.3, -0.25) is 9.78 Å². The van der Waals surface area contributed by atoms with Crippen LogP contribution in [0.4, 0.5) is 5.95 Å². The largest absolute Gasteiger partial charge is 0.369 e. The number of benzene rings is 1. The minimum absolute atomic E-state index is 0.0451. The van der Waals surface area contributed by atoms with Gasteiger partial charge >= 0.3 is 0 Å². The summed E-state index contributed by atoms with van der Waals surface area (Å²) in [6.45, 7) is 1.97. The number of anilines is 1. The third-order valence-electron chi connectivity index (χ3n) is 2.58. The molecule has 90 valence electrons. The van der Waals surface area contributed by atoms with Crippen LogP contribution in [-0.2, 0) is 0 Å². The highest BCUT2D eigenvalue weighted by Gasteiger charge is 2.12. The van der Waals surface area contributed by atoms with Gasteiger partial charge in [0.1, 0.15) is 0 Å². The SMILES string of the molecule is Cc1cccc(-n2nnc3c(=O)[nH]c(N)nc32)c1. The van der Waals surface area contributed by atoms with Gasteiger partial charge in [0, 0.05) is 0 Å². The van der Waals surface area contributed by atoms with Crippen LogP contribution in [0.3, 0.4) is 0 Å². The first-order chi connectivity index (χ1) is 8.65. The molecule has 0 saturated heterocycles. The van der Waals surface area contributed by atoms with Crippen molar-refractivity contribution < 1.29 is 0 Å². The smallest absolute Gasteiger partial charge is 0.282 e. The Morgan fingerprint density at radius 3 is 3.00 bits per heavy atom. The Balaban J connectivity index is 2.34. The molecular formula is C11H10N6O. The number of aromatic nitrogens is 5. The van der Waals surface area contributed by atoms with Crippen molar-refractivity contribution in [2.75, 3.05) is 5.73 Å². The number of aromatic amines is 1. The molecule has 0 bridgehead atoms. The Morgan fingerprint density at radius 2 is 2.22 bits per heavy atom. The van der Waals surface area contributed by atoms with Crippen LogP contribution in [0.5, 0.6) is 0 Å². The topological polar surface area (TPSA) is 102 Å². The molecule has 0 aliphatic carbocycles. The van der Waals surface area contributed by atoms with Gasteiger partial charge in [0.2, 0.25) is 5.95 Å². The van der Waals surface area contributed by atoms with Gasteiger partial charge in [-0.05, 0) is 24.6 Å². The second kappa shape index (κ2) is 3.66. The zero-order valence-corrected chi connectivity index (χ0v) is 9.58. The maximum Gasteiger partial charge on any atom is 0.282 e. The van der Waals surface area contributed by atoms with Crippen molar-refractivity contribution in [2.45, 2.75) is 6.92 Å². The second-order valence-corrected chi connectivity index (χ2v) is 3.96. The highest BCUT2D eigenvalue weighted by Crippen LogP contribution is 2.13. The summed E-state index contributed by atoms with van der Waals surface area (Å²) in [5.74, 6) is 0.0451. The summed E-state index contributed by atoms with van der Waals surface area (Å²) in [4.78, 5) is 18.1. The zero-order valence-electron chi connectivity index (χ0n) is 9.58. The molecule has 2 aromatic heterocycles. The third-order valence-corrected chi connectivity index (χ3v) is 2.58. The summed E-state index contributed by atoms with van der Waals surface area (Å²) in [6, 6.07) is 7.65. The molecule has 2 heterocycles. The lowest BCUT2D eigenvalue weighted by Gasteiger charge is -2.02. The van der Waals surface area contributed by atoms with Crippen molar-refractivity contribution in [3.8, 4) is 5.69 Å². The Bertz CT molecular complexity index is 788. The molecule has 0 atom stereocenters. The summed E-state index contributed by atoms with van der Waals surface area (Å²) in [5, 5.41) is 7.75. The van der Waals surface area contributed by atoms with E-state index in [4.69, 9.17) is 5.73 Å². The average molecular weight is 242 g/mol.